The molecule has 0 unspecified atom stereocenters. The fraction of sp³-hybridized carbons (Fsp3) is 0.130. The van der Waals surface area contributed by atoms with Gasteiger partial charge in [-0.25, -0.2) is 8.42 Å². The van der Waals surface area contributed by atoms with Crippen LogP contribution < -0.4 is 0 Å². The van der Waals surface area contributed by atoms with Crippen LogP contribution in [-0.2, 0) is 9.84 Å². The van der Waals surface area contributed by atoms with E-state index in [9.17, 15) is 38.2 Å². The summed E-state index contributed by atoms with van der Waals surface area (Å²) in [5.74, 6) is -1.80. The van der Waals surface area contributed by atoms with Crippen molar-refractivity contribution in [1.29, 1.82) is 0 Å². The van der Waals surface area contributed by atoms with Gasteiger partial charge in [0.25, 0.3) is 11.4 Å². The maximum absolute atomic E-state index is 13.4. The number of carbonyl (C=O) groups is 2. The molecule has 34 heavy (non-hydrogen) atoms. The number of rotatable bonds is 9. The van der Waals surface area contributed by atoms with E-state index in [0.29, 0.717) is 0 Å². The van der Waals surface area contributed by atoms with Crippen molar-refractivity contribution in [3.63, 3.8) is 0 Å². The number of Topliss-reactive ketones (excluding diaryl/α,β-unsaturated/α-hetero) is 2. The van der Waals surface area contributed by atoms with E-state index >= 15 is 0 Å². The highest BCUT2D eigenvalue weighted by Crippen LogP contribution is 2.26. The molecule has 0 aliphatic heterocycles. The second-order valence-electron chi connectivity index (χ2n) is 7.45. The Hall–Kier alpha value is -4.25. The number of nitrogens with zero attached hydrogens (tertiary/aromatic N) is 2. The zero-order valence-corrected chi connectivity index (χ0v) is 18.6. The number of sulfone groups is 1. The van der Waals surface area contributed by atoms with Gasteiger partial charge < -0.3 is 0 Å². The smallest absolute Gasteiger partial charge is 0.270 e. The number of carbonyl (C=O) groups excluding carboxylic acids is 2. The van der Waals surface area contributed by atoms with Crippen LogP contribution in [0, 0.1) is 27.2 Å². The molecule has 0 amide bonds. The van der Waals surface area contributed by atoms with Crippen LogP contribution in [0.2, 0.25) is 0 Å². The molecule has 0 fully saturated rings. The lowest BCUT2D eigenvalue weighted by molar-refractivity contribution is -0.385. The first-order chi connectivity index (χ1) is 16.0. The first kappa shape index (κ1) is 24.4. The number of hydrogen-bond donors (Lipinski definition) is 0. The van der Waals surface area contributed by atoms with E-state index in [2.05, 4.69) is 0 Å². The first-order valence-electron chi connectivity index (χ1n) is 9.87. The van der Waals surface area contributed by atoms with Crippen molar-refractivity contribution < 1.29 is 27.9 Å². The second kappa shape index (κ2) is 9.71. The van der Waals surface area contributed by atoms with Gasteiger partial charge in [-0.15, -0.1) is 0 Å². The third-order valence-corrected chi connectivity index (χ3v) is 7.17. The molecule has 3 aromatic carbocycles. The minimum atomic E-state index is -4.40. The number of ketones is 2. The summed E-state index contributed by atoms with van der Waals surface area (Å²) in [5.41, 5.74) is -0.392. The molecular formula is C23H18N2O8S. The molecular weight excluding hydrogens is 464 g/mol. The van der Waals surface area contributed by atoms with E-state index in [0.717, 1.165) is 23.8 Å². The third kappa shape index (κ3) is 5.21. The van der Waals surface area contributed by atoms with Crippen molar-refractivity contribution in [3.05, 3.63) is 110 Å². The van der Waals surface area contributed by atoms with Crippen molar-refractivity contribution in [2.75, 3.05) is 0 Å². The summed E-state index contributed by atoms with van der Waals surface area (Å²) in [6.07, 6.45) is -0.807. The molecule has 1 atom stereocenters. The topological polar surface area (TPSA) is 155 Å². The fourth-order valence-corrected chi connectivity index (χ4v) is 4.91. The van der Waals surface area contributed by atoms with Crippen LogP contribution in [0.3, 0.4) is 0 Å². The van der Waals surface area contributed by atoms with Crippen molar-refractivity contribution in [3.8, 4) is 0 Å². The van der Waals surface area contributed by atoms with Gasteiger partial charge in [0.1, 0.15) is 5.25 Å². The maximum atomic E-state index is 13.4. The fourth-order valence-electron chi connectivity index (χ4n) is 3.27. The van der Waals surface area contributed by atoms with Gasteiger partial charge in [0, 0.05) is 41.8 Å². The molecule has 11 heteroatoms. The summed E-state index contributed by atoms with van der Waals surface area (Å²) >= 11 is 0. The monoisotopic (exact) mass is 482 g/mol. The predicted octanol–water partition coefficient (Wildman–Crippen LogP) is 4.11. The number of nitro benzene ring substituents is 2. The van der Waals surface area contributed by atoms with Gasteiger partial charge >= 0.3 is 0 Å². The summed E-state index contributed by atoms with van der Waals surface area (Å²) in [5, 5.41) is 20.3. The Morgan fingerprint density at radius 3 is 1.85 bits per heavy atom. The van der Waals surface area contributed by atoms with Gasteiger partial charge in [0.05, 0.1) is 14.7 Å². The van der Waals surface area contributed by atoms with Crippen LogP contribution in [0.15, 0.2) is 77.7 Å². The molecule has 0 aromatic heterocycles. The largest absolute Gasteiger partial charge is 0.294 e. The van der Waals surface area contributed by atoms with E-state index in [-0.39, 0.29) is 21.7 Å². The van der Waals surface area contributed by atoms with E-state index in [1.54, 1.807) is 6.92 Å². The highest BCUT2D eigenvalue weighted by Gasteiger charge is 2.37. The molecule has 174 valence electrons. The third-order valence-electron chi connectivity index (χ3n) is 5.11. The lowest BCUT2D eigenvalue weighted by Crippen LogP contribution is -2.33. The van der Waals surface area contributed by atoms with Crippen LogP contribution in [-0.4, -0.2) is 35.1 Å². The molecule has 0 saturated carbocycles. The molecule has 0 heterocycles. The Balaban J connectivity index is 2.07. The summed E-state index contributed by atoms with van der Waals surface area (Å²) in [6.45, 7) is 1.74. The van der Waals surface area contributed by atoms with Crippen LogP contribution in [0.25, 0.3) is 0 Å². The maximum Gasteiger partial charge on any atom is 0.270 e. The number of hydrogen-bond acceptors (Lipinski definition) is 8. The zero-order chi connectivity index (χ0) is 25.0. The average molecular weight is 482 g/mol. The molecule has 0 aliphatic rings. The van der Waals surface area contributed by atoms with Crippen LogP contribution in [0.4, 0.5) is 11.4 Å². The van der Waals surface area contributed by atoms with Gasteiger partial charge in [-0.2, -0.15) is 0 Å². The minimum absolute atomic E-state index is 0.134. The summed E-state index contributed by atoms with van der Waals surface area (Å²) < 4.78 is 26.8. The van der Waals surface area contributed by atoms with Crippen molar-refractivity contribution in [1.82, 2.24) is 0 Å². The molecule has 0 saturated heterocycles. The zero-order valence-electron chi connectivity index (χ0n) is 17.8. The quantitative estimate of drug-likeness (QED) is 0.251. The Labute approximate surface area is 194 Å². The Morgan fingerprint density at radius 2 is 1.32 bits per heavy atom. The molecule has 0 N–H and O–H groups in total. The summed E-state index contributed by atoms with van der Waals surface area (Å²) in [4.78, 5) is 46.7. The normalized spacial score (nSPS) is 12.0. The number of non-ortho nitro benzene ring substituents is 2. The minimum Gasteiger partial charge on any atom is -0.294 e. The molecule has 3 rings (SSSR count). The van der Waals surface area contributed by atoms with Gasteiger partial charge in [-0.05, 0) is 19.1 Å². The van der Waals surface area contributed by atoms with Gasteiger partial charge in [-0.1, -0.05) is 42.0 Å². The summed E-state index contributed by atoms with van der Waals surface area (Å²) in [6, 6.07) is 14.9. The van der Waals surface area contributed by atoms with Gasteiger partial charge in [0.15, 0.2) is 21.4 Å². The van der Waals surface area contributed by atoms with E-state index < -0.39 is 48.6 Å². The predicted molar refractivity (Wildman–Crippen MR) is 122 cm³/mol. The number of aryl methyl sites for hydroxylation is 1. The van der Waals surface area contributed by atoms with Crippen molar-refractivity contribution in [2.45, 2.75) is 23.5 Å². The molecule has 0 bridgehead atoms. The van der Waals surface area contributed by atoms with E-state index in [4.69, 9.17) is 0 Å². The molecule has 3 aromatic rings. The number of nitro groups is 2. The molecule has 10 nitrogen and oxygen atoms in total. The molecule has 0 aliphatic carbocycles. The highest BCUT2D eigenvalue weighted by atomic mass is 32.2. The van der Waals surface area contributed by atoms with E-state index in [1.165, 1.54) is 54.6 Å². The van der Waals surface area contributed by atoms with Gasteiger partial charge in [0.2, 0.25) is 0 Å². The standard InChI is InChI=1S/C23H18N2O8S/c1-15-8-10-20(11-9-15)34(32,33)22(23(27)17-5-3-7-19(13-17)25(30)31)14-21(26)16-4-2-6-18(12-16)24(28)29/h2-13,22H,14H2,1H3/t22-/m0/s1. The number of benzene rings is 3. The Kier molecular flexibility index (Phi) is 6.97. The lowest BCUT2D eigenvalue weighted by atomic mass is 10.0. The van der Waals surface area contributed by atoms with Crippen molar-refractivity contribution in [2.24, 2.45) is 0 Å². The first-order valence-corrected chi connectivity index (χ1v) is 11.4. The second-order valence-corrected chi connectivity index (χ2v) is 9.58. The Bertz CT molecular complexity index is 1400. The molecule has 0 spiro atoms. The lowest BCUT2D eigenvalue weighted by Gasteiger charge is -2.17. The average Bonchev–Trinajstić information content (AvgIpc) is 2.82. The Morgan fingerprint density at radius 1 is 0.824 bits per heavy atom. The van der Waals surface area contributed by atoms with Crippen molar-refractivity contribution >= 4 is 32.8 Å². The summed E-state index contributed by atoms with van der Waals surface area (Å²) in [7, 11) is -4.40. The van der Waals surface area contributed by atoms with Crippen LogP contribution in [0.5, 0.6) is 0 Å². The van der Waals surface area contributed by atoms with Crippen LogP contribution >= 0.6 is 0 Å². The molecule has 0 radical (unpaired) electrons. The van der Waals surface area contributed by atoms with Gasteiger partial charge in [-0.3, -0.25) is 29.8 Å². The SMILES string of the molecule is Cc1ccc(S(=O)(=O)[C@@H](CC(=O)c2cccc([N+](=O)[O-])c2)C(=O)c2cccc([N+](=O)[O-])c2)cc1. The van der Waals surface area contributed by atoms with E-state index in [1.807, 2.05) is 0 Å². The van der Waals surface area contributed by atoms with Crippen LogP contribution in [0.1, 0.15) is 32.7 Å². The highest BCUT2D eigenvalue weighted by molar-refractivity contribution is 7.92.